The van der Waals surface area contributed by atoms with Gasteiger partial charge in [0.2, 0.25) is 17.7 Å². The summed E-state index contributed by atoms with van der Waals surface area (Å²) in [5.74, 6) is -0.614. The summed E-state index contributed by atoms with van der Waals surface area (Å²) in [5.41, 5.74) is 4.33. The van der Waals surface area contributed by atoms with E-state index >= 15 is 0 Å². The first-order chi connectivity index (χ1) is 19.0. The lowest BCUT2D eigenvalue weighted by Crippen LogP contribution is -2.67. The number of fused-ring (bicyclic) bond motifs is 1. The number of H-pyrrole nitrogens is 1. The minimum absolute atomic E-state index is 0.0644. The Labute approximate surface area is 235 Å². The molecule has 0 bridgehead atoms. The van der Waals surface area contributed by atoms with Crippen LogP contribution in [0, 0.1) is 11.8 Å². The summed E-state index contributed by atoms with van der Waals surface area (Å²) >= 11 is 0. The average Bonchev–Trinajstić information content (AvgIpc) is 3.57. The number of benzene rings is 2. The number of nitrogens with zero attached hydrogens (tertiary/aromatic N) is 2. The number of amides is 3. The smallest absolute Gasteiger partial charge is 0.247 e. The second-order valence-electron chi connectivity index (χ2n) is 12.5. The zero-order valence-electron chi connectivity index (χ0n) is 23.9. The van der Waals surface area contributed by atoms with Crippen molar-refractivity contribution in [3.63, 3.8) is 0 Å². The van der Waals surface area contributed by atoms with Gasteiger partial charge in [0.25, 0.3) is 0 Å². The van der Waals surface area contributed by atoms with E-state index in [1.54, 1.807) is 11.1 Å². The van der Waals surface area contributed by atoms with Crippen molar-refractivity contribution in [1.29, 1.82) is 0 Å². The standard InChI is InChI=1S/C32H39N5O3/c1-19(2)16-26-29(38)34-27(24-17-22-8-6-7-9-23(22)18-24)31(40)37(26)28(30(39)35-32(3,4)5)21-12-10-20(11-13-21)25-14-15-33-36-25/h6-15,19,24,26-28H,16-18H2,1-5H3,(H,33,36)(H,34,38)(H,35,39)/t26-,27-,28-/m1/s1. The Morgan fingerprint density at radius 3 is 2.23 bits per heavy atom. The predicted molar refractivity (Wildman–Crippen MR) is 154 cm³/mol. The number of nitrogens with one attached hydrogen (secondary N) is 3. The highest BCUT2D eigenvalue weighted by atomic mass is 16.2. The van der Waals surface area contributed by atoms with Crippen molar-refractivity contribution in [3.05, 3.63) is 77.5 Å². The summed E-state index contributed by atoms with van der Waals surface area (Å²) in [6.07, 6.45) is 3.58. The average molecular weight is 542 g/mol. The summed E-state index contributed by atoms with van der Waals surface area (Å²) < 4.78 is 0. The third-order valence-electron chi connectivity index (χ3n) is 7.77. The van der Waals surface area contributed by atoms with E-state index in [0.717, 1.165) is 11.3 Å². The van der Waals surface area contributed by atoms with E-state index in [1.165, 1.54) is 11.1 Å². The maximum atomic E-state index is 14.5. The van der Waals surface area contributed by atoms with Gasteiger partial charge in [-0.25, -0.2) is 0 Å². The second kappa shape index (κ2) is 10.9. The van der Waals surface area contributed by atoms with Gasteiger partial charge in [-0.15, -0.1) is 0 Å². The first kappa shape index (κ1) is 27.6. The number of hydrogen-bond acceptors (Lipinski definition) is 4. The van der Waals surface area contributed by atoms with Gasteiger partial charge in [0.15, 0.2) is 0 Å². The van der Waals surface area contributed by atoms with E-state index in [2.05, 4.69) is 33.0 Å². The quantitative estimate of drug-likeness (QED) is 0.417. The lowest BCUT2D eigenvalue weighted by molar-refractivity contribution is -0.158. The number of piperazine rings is 1. The molecule has 210 valence electrons. The molecule has 3 aromatic rings. The number of carbonyl (C=O) groups excluding carboxylic acids is 3. The van der Waals surface area contributed by atoms with Crippen LogP contribution in [-0.4, -0.2) is 50.4 Å². The fourth-order valence-corrected chi connectivity index (χ4v) is 6.01. The molecule has 0 saturated carbocycles. The lowest BCUT2D eigenvalue weighted by Gasteiger charge is -2.45. The summed E-state index contributed by atoms with van der Waals surface area (Å²) in [5, 5.41) is 13.1. The van der Waals surface area contributed by atoms with Crippen LogP contribution in [0.3, 0.4) is 0 Å². The molecule has 3 N–H and O–H groups in total. The van der Waals surface area contributed by atoms with E-state index in [9.17, 15) is 14.4 Å². The van der Waals surface area contributed by atoms with E-state index < -0.39 is 23.7 Å². The zero-order valence-corrected chi connectivity index (χ0v) is 23.9. The van der Waals surface area contributed by atoms with Gasteiger partial charge in [0.1, 0.15) is 18.1 Å². The van der Waals surface area contributed by atoms with Gasteiger partial charge in [-0.2, -0.15) is 5.10 Å². The highest BCUT2D eigenvalue weighted by Gasteiger charge is 2.49. The number of rotatable bonds is 7. The van der Waals surface area contributed by atoms with Crippen LogP contribution in [0.1, 0.15) is 63.8 Å². The molecule has 1 aromatic heterocycles. The molecule has 3 amide bonds. The SMILES string of the molecule is CC(C)C[C@@H]1C(=O)N[C@H](C2Cc3ccccc3C2)C(=O)N1[C@@H](C(=O)NC(C)(C)C)c1ccc(-c2ccn[nH]2)cc1. The van der Waals surface area contributed by atoms with Crippen molar-refractivity contribution in [2.45, 2.75) is 77.5 Å². The maximum Gasteiger partial charge on any atom is 0.247 e. The van der Waals surface area contributed by atoms with Crippen LogP contribution in [0.2, 0.25) is 0 Å². The van der Waals surface area contributed by atoms with Crippen molar-refractivity contribution < 1.29 is 14.4 Å². The minimum Gasteiger partial charge on any atom is -0.349 e. The van der Waals surface area contributed by atoms with Gasteiger partial charge >= 0.3 is 0 Å². The molecule has 2 aromatic carbocycles. The molecule has 1 fully saturated rings. The molecule has 0 radical (unpaired) electrons. The lowest BCUT2D eigenvalue weighted by atomic mass is 9.87. The maximum absolute atomic E-state index is 14.5. The normalized spacial score (nSPS) is 20.4. The van der Waals surface area contributed by atoms with E-state index in [1.807, 2.05) is 77.1 Å². The zero-order chi connectivity index (χ0) is 28.6. The van der Waals surface area contributed by atoms with Crippen LogP contribution in [0.5, 0.6) is 0 Å². The van der Waals surface area contributed by atoms with E-state index in [4.69, 9.17) is 0 Å². The van der Waals surface area contributed by atoms with Gasteiger partial charge in [-0.05, 0) is 80.2 Å². The highest BCUT2D eigenvalue weighted by molar-refractivity contribution is 6.00. The first-order valence-corrected chi connectivity index (χ1v) is 14.1. The third-order valence-corrected chi connectivity index (χ3v) is 7.77. The Morgan fingerprint density at radius 2 is 1.68 bits per heavy atom. The van der Waals surface area contributed by atoms with Crippen molar-refractivity contribution in [2.24, 2.45) is 11.8 Å². The van der Waals surface area contributed by atoms with Crippen molar-refractivity contribution in [2.75, 3.05) is 0 Å². The fraction of sp³-hybridized carbons (Fsp3) is 0.438. The van der Waals surface area contributed by atoms with E-state index in [-0.39, 0.29) is 29.6 Å². The van der Waals surface area contributed by atoms with E-state index in [0.29, 0.717) is 24.8 Å². The Balaban J connectivity index is 1.55. The number of aromatic nitrogens is 2. The second-order valence-corrected chi connectivity index (χ2v) is 12.5. The van der Waals surface area contributed by atoms with Crippen LogP contribution >= 0.6 is 0 Å². The van der Waals surface area contributed by atoms with Crippen LogP contribution in [0.15, 0.2) is 60.8 Å². The molecular formula is C32H39N5O3. The Bertz CT molecular complexity index is 1350. The van der Waals surface area contributed by atoms with Gasteiger partial charge in [0.05, 0.1) is 5.69 Å². The van der Waals surface area contributed by atoms with Crippen LogP contribution in [0.4, 0.5) is 0 Å². The molecule has 8 nitrogen and oxygen atoms in total. The predicted octanol–water partition coefficient (Wildman–Crippen LogP) is 4.19. The summed E-state index contributed by atoms with van der Waals surface area (Å²) in [6.45, 7) is 9.80. The Morgan fingerprint density at radius 1 is 1.02 bits per heavy atom. The summed E-state index contributed by atoms with van der Waals surface area (Å²) in [6, 6.07) is 15.2. The van der Waals surface area contributed by atoms with Gasteiger partial charge in [-0.1, -0.05) is 62.4 Å². The molecule has 2 aliphatic rings. The molecule has 5 rings (SSSR count). The number of carbonyl (C=O) groups is 3. The highest BCUT2D eigenvalue weighted by Crippen LogP contribution is 2.36. The van der Waals surface area contributed by atoms with Crippen LogP contribution in [-0.2, 0) is 27.2 Å². The molecule has 0 unspecified atom stereocenters. The van der Waals surface area contributed by atoms with Crippen molar-refractivity contribution >= 4 is 17.7 Å². The third kappa shape index (κ3) is 5.67. The largest absolute Gasteiger partial charge is 0.349 e. The molecule has 40 heavy (non-hydrogen) atoms. The molecular weight excluding hydrogens is 502 g/mol. The Kier molecular flexibility index (Phi) is 7.53. The molecule has 1 saturated heterocycles. The van der Waals surface area contributed by atoms with Crippen LogP contribution in [0.25, 0.3) is 11.3 Å². The monoisotopic (exact) mass is 541 g/mol. The van der Waals surface area contributed by atoms with Crippen molar-refractivity contribution in [1.82, 2.24) is 25.7 Å². The molecule has 2 heterocycles. The van der Waals surface area contributed by atoms with Crippen molar-refractivity contribution in [3.8, 4) is 11.3 Å². The fourth-order valence-electron chi connectivity index (χ4n) is 6.01. The summed E-state index contributed by atoms with van der Waals surface area (Å²) in [7, 11) is 0. The summed E-state index contributed by atoms with van der Waals surface area (Å²) in [4.78, 5) is 43.8. The first-order valence-electron chi connectivity index (χ1n) is 14.1. The number of aromatic amines is 1. The topological polar surface area (TPSA) is 107 Å². The molecule has 1 aliphatic carbocycles. The molecule has 0 spiro atoms. The van der Waals surface area contributed by atoms with Crippen LogP contribution < -0.4 is 10.6 Å². The molecule has 8 heteroatoms. The van der Waals surface area contributed by atoms with Gasteiger partial charge in [0, 0.05) is 11.7 Å². The molecule has 1 aliphatic heterocycles. The Hall–Kier alpha value is -3.94. The minimum atomic E-state index is -0.955. The number of hydrogen-bond donors (Lipinski definition) is 3. The van der Waals surface area contributed by atoms with Gasteiger partial charge < -0.3 is 15.5 Å². The van der Waals surface area contributed by atoms with Gasteiger partial charge in [-0.3, -0.25) is 19.5 Å². The molecule has 3 atom stereocenters.